The van der Waals surface area contributed by atoms with Crippen molar-refractivity contribution in [3.63, 3.8) is 0 Å². The van der Waals surface area contributed by atoms with Gasteiger partial charge in [-0.3, -0.25) is 10.2 Å². The Kier molecular flexibility index (Phi) is 3.61. The Balaban J connectivity index is 2.34. The zero-order valence-corrected chi connectivity index (χ0v) is 10.2. The molecule has 6 heteroatoms. The fourth-order valence-electron chi connectivity index (χ4n) is 1.93. The molecule has 17 heavy (non-hydrogen) atoms. The van der Waals surface area contributed by atoms with Gasteiger partial charge in [0, 0.05) is 24.7 Å². The fourth-order valence-corrected chi connectivity index (χ4v) is 2.71. The molecule has 1 aliphatic rings. The first-order chi connectivity index (χ1) is 8.24. The van der Waals surface area contributed by atoms with Crippen molar-refractivity contribution in [2.75, 3.05) is 13.1 Å². The average molecular weight is 251 g/mol. The van der Waals surface area contributed by atoms with Crippen molar-refractivity contribution in [3.8, 4) is 11.8 Å². The van der Waals surface area contributed by atoms with Crippen LogP contribution in [0.15, 0.2) is 11.6 Å². The number of hydrogen-bond donors (Lipinski definition) is 2. The second kappa shape index (κ2) is 5.17. The van der Waals surface area contributed by atoms with E-state index in [4.69, 9.17) is 0 Å². The van der Waals surface area contributed by atoms with E-state index in [1.54, 1.807) is 13.1 Å². The van der Waals surface area contributed by atoms with E-state index in [1.807, 2.05) is 5.38 Å². The Bertz CT molecular complexity index is 449. The average Bonchev–Trinajstić information content (AvgIpc) is 2.82. The minimum absolute atomic E-state index is 0.184. The number of carbonyl (C=O) groups is 1. The zero-order chi connectivity index (χ0) is 12.3. The van der Waals surface area contributed by atoms with Gasteiger partial charge in [-0.2, -0.15) is 0 Å². The summed E-state index contributed by atoms with van der Waals surface area (Å²) in [5.41, 5.74) is 0. The molecule has 0 radical (unpaired) electrons. The highest BCUT2D eigenvalue weighted by Gasteiger charge is 2.36. The number of nitrogens with zero attached hydrogens (tertiary/aromatic N) is 2. The third kappa shape index (κ3) is 2.40. The van der Waals surface area contributed by atoms with E-state index in [0.717, 1.165) is 5.01 Å². The molecule has 1 aromatic heterocycles. The van der Waals surface area contributed by atoms with E-state index >= 15 is 0 Å². The van der Waals surface area contributed by atoms with Crippen molar-refractivity contribution in [2.45, 2.75) is 19.0 Å². The Labute approximate surface area is 103 Å². The lowest BCUT2D eigenvalue weighted by Crippen LogP contribution is -2.53. The highest BCUT2D eigenvalue weighted by atomic mass is 32.1. The van der Waals surface area contributed by atoms with Gasteiger partial charge in [-0.1, -0.05) is 5.92 Å². The molecule has 1 saturated heterocycles. The molecule has 1 aromatic rings. The molecule has 0 saturated carbocycles. The number of aromatic nitrogens is 1. The van der Waals surface area contributed by atoms with Gasteiger partial charge >= 0.3 is 6.09 Å². The monoisotopic (exact) mass is 251 g/mol. The highest BCUT2D eigenvalue weighted by molar-refractivity contribution is 7.09. The Hall–Kier alpha value is -1.58. The Morgan fingerprint density at radius 3 is 3.18 bits per heavy atom. The normalized spacial score (nSPS) is 23.9. The first-order valence-corrected chi connectivity index (χ1v) is 6.16. The van der Waals surface area contributed by atoms with E-state index in [9.17, 15) is 9.90 Å². The fraction of sp³-hybridized carbons (Fsp3) is 0.455. The molecule has 2 heterocycles. The molecule has 5 nitrogen and oxygen atoms in total. The molecule has 0 bridgehead atoms. The van der Waals surface area contributed by atoms with Gasteiger partial charge in [0.2, 0.25) is 0 Å². The van der Waals surface area contributed by atoms with Crippen molar-refractivity contribution in [2.24, 2.45) is 0 Å². The third-order valence-corrected chi connectivity index (χ3v) is 3.46. The standard InChI is InChI=1S/C11H13N3O2S/c1-2-3-8-9(10-13-5-7-17-10)14(11(15)16)6-4-12-8/h5,7-9,12H,4,6H2,1H3,(H,15,16). The van der Waals surface area contributed by atoms with Gasteiger partial charge in [-0.25, -0.2) is 9.78 Å². The second-order valence-corrected chi connectivity index (χ2v) is 4.54. The van der Waals surface area contributed by atoms with Gasteiger partial charge in [-0.15, -0.1) is 17.3 Å². The molecular weight excluding hydrogens is 238 g/mol. The van der Waals surface area contributed by atoms with Crippen LogP contribution < -0.4 is 5.32 Å². The minimum atomic E-state index is -0.922. The van der Waals surface area contributed by atoms with Gasteiger partial charge in [-0.05, 0) is 6.92 Å². The van der Waals surface area contributed by atoms with E-state index < -0.39 is 6.09 Å². The lowest BCUT2D eigenvalue weighted by molar-refractivity contribution is 0.103. The number of nitrogens with one attached hydrogen (secondary N) is 1. The Morgan fingerprint density at radius 2 is 2.59 bits per heavy atom. The summed E-state index contributed by atoms with van der Waals surface area (Å²) in [6.45, 7) is 2.83. The Morgan fingerprint density at radius 1 is 1.76 bits per heavy atom. The number of amides is 1. The number of piperazine rings is 1. The molecule has 1 aliphatic heterocycles. The predicted molar refractivity (Wildman–Crippen MR) is 64.8 cm³/mol. The minimum Gasteiger partial charge on any atom is -0.465 e. The summed E-state index contributed by atoms with van der Waals surface area (Å²) in [6, 6.07) is -0.496. The van der Waals surface area contributed by atoms with Crippen molar-refractivity contribution in [3.05, 3.63) is 16.6 Å². The lowest BCUT2D eigenvalue weighted by Gasteiger charge is -2.36. The van der Waals surface area contributed by atoms with Gasteiger partial charge in [0.15, 0.2) is 0 Å². The van der Waals surface area contributed by atoms with Crippen LogP contribution in [0.3, 0.4) is 0 Å². The van der Waals surface area contributed by atoms with Crippen molar-refractivity contribution in [1.82, 2.24) is 15.2 Å². The first-order valence-electron chi connectivity index (χ1n) is 5.28. The summed E-state index contributed by atoms with van der Waals surface area (Å²) < 4.78 is 0. The highest BCUT2D eigenvalue weighted by Crippen LogP contribution is 2.28. The number of carboxylic acid groups (broad SMARTS) is 1. The maximum absolute atomic E-state index is 11.2. The topological polar surface area (TPSA) is 65.5 Å². The van der Waals surface area contributed by atoms with E-state index in [0.29, 0.717) is 13.1 Å². The van der Waals surface area contributed by atoms with Crippen LogP contribution in [-0.2, 0) is 0 Å². The molecule has 0 aliphatic carbocycles. The van der Waals surface area contributed by atoms with Gasteiger partial charge in [0.1, 0.15) is 11.0 Å². The maximum Gasteiger partial charge on any atom is 0.408 e. The molecule has 2 N–H and O–H groups in total. The van der Waals surface area contributed by atoms with Gasteiger partial charge in [0.25, 0.3) is 0 Å². The summed E-state index contributed by atoms with van der Waals surface area (Å²) in [4.78, 5) is 16.9. The summed E-state index contributed by atoms with van der Waals surface area (Å²) in [6.07, 6.45) is 0.764. The largest absolute Gasteiger partial charge is 0.465 e. The van der Waals surface area contributed by atoms with Crippen LogP contribution in [0.25, 0.3) is 0 Å². The summed E-state index contributed by atoms with van der Waals surface area (Å²) >= 11 is 1.46. The number of thiazole rings is 1. The van der Waals surface area contributed by atoms with Crippen LogP contribution in [0, 0.1) is 11.8 Å². The molecule has 2 rings (SSSR count). The molecule has 1 fully saturated rings. The quantitative estimate of drug-likeness (QED) is 0.735. The smallest absolute Gasteiger partial charge is 0.408 e. The van der Waals surface area contributed by atoms with E-state index in [1.165, 1.54) is 16.2 Å². The predicted octanol–water partition coefficient (Wildman–Crippen LogP) is 1.16. The molecule has 2 atom stereocenters. The van der Waals surface area contributed by atoms with E-state index in [2.05, 4.69) is 22.1 Å². The second-order valence-electron chi connectivity index (χ2n) is 3.62. The number of rotatable bonds is 1. The van der Waals surface area contributed by atoms with Crippen LogP contribution in [0.5, 0.6) is 0 Å². The molecule has 2 unspecified atom stereocenters. The summed E-state index contributed by atoms with van der Waals surface area (Å²) in [5, 5.41) is 15.1. The summed E-state index contributed by atoms with van der Waals surface area (Å²) in [5.74, 6) is 5.84. The first kappa shape index (κ1) is 11.9. The van der Waals surface area contributed by atoms with Gasteiger partial charge < -0.3 is 5.11 Å². The third-order valence-electron chi connectivity index (χ3n) is 2.62. The zero-order valence-electron chi connectivity index (χ0n) is 9.38. The van der Waals surface area contributed by atoms with Crippen molar-refractivity contribution >= 4 is 17.4 Å². The van der Waals surface area contributed by atoms with Crippen molar-refractivity contribution < 1.29 is 9.90 Å². The maximum atomic E-state index is 11.2. The molecule has 0 aromatic carbocycles. The van der Waals surface area contributed by atoms with Crippen molar-refractivity contribution in [1.29, 1.82) is 0 Å². The van der Waals surface area contributed by atoms with Crippen LogP contribution in [0.4, 0.5) is 4.79 Å². The van der Waals surface area contributed by atoms with Gasteiger partial charge in [0.05, 0.1) is 6.04 Å². The molecule has 1 amide bonds. The lowest BCUT2D eigenvalue weighted by atomic mass is 10.1. The van der Waals surface area contributed by atoms with Crippen LogP contribution in [-0.4, -0.2) is 40.2 Å². The van der Waals surface area contributed by atoms with Crippen LogP contribution >= 0.6 is 11.3 Å². The summed E-state index contributed by atoms with van der Waals surface area (Å²) in [7, 11) is 0. The number of hydrogen-bond acceptors (Lipinski definition) is 4. The molecular formula is C11H13N3O2S. The molecule has 90 valence electrons. The SMILES string of the molecule is CC#CC1NCCN(C(=O)O)C1c1nccs1. The molecule has 0 spiro atoms. The van der Waals surface area contributed by atoms with E-state index in [-0.39, 0.29) is 12.1 Å². The van der Waals surface area contributed by atoms with Crippen LogP contribution in [0.1, 0.15) is 18.0 Å². The van der Waals surface area contributed by atoms with Crippen LogP contribution in [0.2, 0.25) is 0 Å².